The van der Waals surface area contributed by atoms with E-state index < -0.39 is 0 Å². The van der Waals surface area contributed by atoms with Crippen LogP contribution in [0, 0.1) is 11.8 Å². The molecule has 0 bridgehead atoms. The summed E-state index contributed by atoms with van der Waals surface area (Å²) in [5.74, 6) is 0.394. The molecule has 108 valence electrons. The van der Waals surface area contributed by atoms with Crippen molar-refractivity contribution >= 4 is 5.97 Å². The zero-order valence-corrected chi connectivity index (χ0v) is 12.0. The zero-order valence-electron chi connectivity index (χ0n) is 12.0. The molecule has 3 heteroatoms. The Hall–Kier alpha value is -2.03. The molecule has 0 aromatic carbocycles. The highest BCUT2D eigenvalue weighted by atomic mass is 16.5. The van der Waals surface area contributed by atoms with Crippen molar-refractivity contribution in [2.45, 2.75) is 25.9 Å². The van der Waals surface area contributed by atoms with E-state index in [2.05, 4.69) is 30.4 Å². The Kier molecular flexibility index (Phi) is 2.88. The summed E-state index contributed by atoms with van der Waals surface area (Å²) >= 11 is 0. The molecule has 0 aromatic heterocycles. The van der Waals surface area contributed by atoms with E-state index in [-0.39, 0.29) is 18.0 Å². The van der Waals surface area contributed by atoms with Crippen molar-refractivity contribution in [3.63, 3.8) is 0 Å². The van der Waals surface area contributed by atoms with Gasteiger partial charge in [0, 0.05) is 12.8 Å². The molecule has 3 nitrogen and oxygen atoms in total. The lowest BCUT2D eigenvalue weighted by Gasteiger charge is -2.42. The van der Waals surface area contributed by atoms with Gasteiger partial charge in [-0.25, -0.2) is 0 Å². The third-order valence-corrected chi connectivity index (χ3v) is 4.77. The highest BCUT2D eigenvalue weighted by Crippen LogP contribution is 2.49. The number of hydrogen-bond acceptors (Lipinski definition) is 3. The Labute approximate surface area is 124 Å². The fraction of sp³-hybridized carbons (Fsp3) is 0.389. The predicted molar refractivity (Wildman–Crippen MR) is 79.2 cm³/mol. The maximum Gasteiger partial charge on any atom is 0.302 e. The number of allylic oxidation sites excluding steroid dienone is 7. The van der Waals surface area contributed by atoms with Gasteiger partial charge in [-0.15, -0.1) is 0 Å². The van der Waals surface area contributed by atoms with Gasteiger partial charge in [-0.2, -0.15) is 0 Å². The van der Waals surface area contributed by atoms with E-state index in [1.165, 1.54) is 29.2 Å². The third-order valence-electron chi connectivity index (χ3n) is 4.77. The molecule has 0 spiro atoms. The molecule has 0 amide bonds. The van der Waals surface area contributed by atoms with Gasteiger partial charge < -0.3 is 9.47 Å². The van der Waals surface area contributed by atoms with Gasteiger partial charge in [-0.05, 0) is 41.1 Å². The van der Waals surface area contributed by atoms with Crippen molar-refractivity contribution in [2.75, 3.05) is 6.61 Å². The molecule has 0 N–H and O–H groups in total. The van der Waals surface area contributed by atoms with Gasteiger partial charge in [-0.3, -0.25) is 4.79 Å². The van der Waals surface area contributed by atoms with Crippen LogP contribution < -0.4 is 0 Å². The first kappa shape index (κ1) is 12.7. The van der Waals surface area contributed by atoms with Crippen LogP contribution in [-0.4, -0.2) is 18.7 Å². The standard InChI is InChI=1S/C18H18O3/c1-11(19)21-17-9-13-7-8-20-10-16(13)15-6-5-12-3-2-4-14(12)18(15)17/h2-6,10,13,17-18H,7-9H2,1H3. The maximum atomic E-state index is 11.5. The van der Waals surface area contributed by atoms with E-state index in [9.17, 15) is 4.79 Å². The lowest BCUT2D eigenvalue weighted by atomic mass is 9.66. The van der Waals surface area contributed by atoms with Crippen LogP contribution in [-0.2, 0) is 14.3 Å². The van der Waals surface area contributed by atoms with Crippen molar-refractivity contribution in [3.05, 3.63) is 58.9 Å². The quantitative estimate of drug-likeness (QED) is 0.693. The molecule has 3 aliphatic carbocycles. The second kappa shape index (κ2) is 4.76. The first-order valence-electron chi connectivity index (χ1n) is 7.54. The molecule has 3 unspecified atom stereocenters. The topological polar surface area (TPSA) is 35.5 Å². The van der Waals surface area contributed by atoms with Crippen LogP contribution in [0.15, 0.2) is 58.9 Å². The second-order valence-electron chi connectivity index (χ2n) is 6.02. The first-order chi connectivity index (χ1) is 10.2. The van der Waals surface area contributed by atoms with Crippen LogP contribution in [0.5, 0.6) is 0 Å². The highest BCUT2D eigenvalue weighted by molar-refractivity contribution is 5.67. The van der Waals surface area contributed by atoms with E-state index in [0.29, 0.717) is 5.92 Å². The molecule has 1 heterocycles. The number of carbonyl (C=O) groups is 1. The lowest BCUT2D eigenvalue weighted by Crippen LogP contribution is -2.39. The maximum absolute atomic E-state index is 11.5. The van der Waals surface area contributed by atoms with E-state index in [1.807, 2.05) is 6.26 Å². The van der Waals surface area contributed by atoms with Crippen LogP contribution in [0.4, 0.5) is 0 Å². The normalized spacial score (nSPS) is 32.5. The summed E-state index contributed by atoms with van der Waals surface area (Å²) < 4.78 is 11.2. The Morgan fingerprint density at radius 3 is 3.00 bits per heavy atom. The molecule has 4 rings (SSSR count). The molecule has 1 fully saturated rings. The Bertz CT molecular complexity index is 645. The summed E-state index contributed by atoms with van der Waals surface area (Å²) in [7, 11) is 0. The summed E-state index contributed by atoms with van der Waals surface area (Å²) in [5, 5.41) is 0. The van der Waals surface area contributed by atoms with Gasteiger partial charge in [-0.1, -0.05) is 30.4 Å². The van der Waals surface area contributed by atoms with Crippen molar-refractivity contribution < 1.29 is 14.3 Å². The summed E-state index contributed by atoms with van der Waals surface area (Å²) in [4.78, 5) is 11.5. The van der Waals surface area contributed by atoms with Crippen LogP contribution >= 0.6 is 0 Å². The molecule has 4 aliphatic rings. The smallest absolute Gasteiger partial charge is 0.302 e. The number of hydrogen-bond donors (Lipinski definition) is 0. The molecule has 1 aliphatic heterocycles. The van der Waals surface area contributed by atoms with Crippen LogP contribution in [0.25, 0.3) is 0 Å². The second-order valence-corrected chi connectivity index (χ2v) is 6.02. The number of rotatable bonds is 1. The average molecular weight is 282 g/mol. The number of carbonyl (C=O) groups excluding carboxylic acids is 1. The molecular formula is C18H18O3. The molecule has 3 atom stereocenters. The van der Waals surface area contributed by atoms with E-state index in [1.54, 1.807) is 0 Å². The van der Waals surface area contributed by atoms with Crippen LogP contribution in [0.2, 0.25) is 0 Å². The molecule has 21 heavy (non-hydrogen) atoms. The minimum Gasteiger partial charge on any atom is -0.501 e. The van der Waals surface area contributed by atoms with Crippen molar-refractivity contribution in [1.29, 1.82) is 0 Å². The first-order valence-corrected chi connectivity index (χ1v) is 7.54. The van der Waals surface area contributed by atoms with Crippen molar-refractivity contribution in [1.82, 2.24) is 0 Å². The van der Waals surface area contributed by atoms with Gasteiger partial charge in [0.05, 0.1) is 12.9 Å². The molecule has 0 radical (unpaired) electrons. The Balaban J connectivity index is 1.78. The van der Waals surface area contributed by atoms with E-state index >= 15 is 0 Å². The van der Waals surface area contributed by atoms with Gasteiger partial charge in [0.15, 0.2) is 0 Å². The minimum absolute atomic E-state index is 0.0659. The van der Waals surface area contributed by atoms with Crippen molar-refractivity contribution in [2.24, 2.45) is 11.8 Å². The van der Waals surface area contributed by atoms with Crippen LogP contribution in [0.1, 0.15) is 19.8 Å². The van der Waals surface area contributed by atoms with Gasteiger partial charge in [0.25, 0.3) is 0 Å². The molecule has 0 saturated heterocycles. The number of esters is 1. The largest absolute Gasteiger partial charge is 0.501 e. The average Bonchev–Trinajstić information content (AvgIpc) is 2.94. The van der Waals surface area contributed by atoms with Gasteiger partial charge in [0.1, 0.15) is 6.10 Å². The van der Waals surface area contributed by atoms with Gasteiger partial charge in [0.2, 0.25) is 0 Å². The monoisotopic (exact) mass is 282 g/mol. The predicted octanol–water partition coefficient (Wildman–Crippen LogP) is 3.22. The minimum atomic E-state index is -0.193. The Morgan fingerprint density at radius 2 is 2.14 bits per heavy atom. The Morgan fingerprint density at radius 1 is 1.24 bits per heavy atom. The van der Waals surface area contributed by atoms with E-state index in [4.69, 9.17) is 9.47 Å². The molecular weight excluding hydrogens is 264 g/mol. The molecule has 1 saturated carbocycles. The van der Waals surface area contributed by atoms with Gasteiger partial charge >= 0.3 is 5.97 Å². The summed E-state index contributed by atoms with van der Waals surface area (Å²) in [5.41, 5.74) is 5.05. The summed E-state index contributed by atoms with van der Waals surface area (Å²) in [6.07, 6.45) is 14.4. The van der Waals surface area contributed by atoms with Crippen molar-refractivity contribution in [3.8, 4) is 0 Å². The molecule has 0 aromatic rings. The number of ether oxygens (including phenoxy) is 2. The summed E-state index contributed by atoms with van der Waals surface area (Å²) in [6.45, 7) is 2.25. The fourth-order valence-corrected chi connectivity index (χ4v) is 3.92. The fourth-order valence-electron chi connectivity index (χ4n) is 3.92. The third kappa shape index (κ3) is 1.99. The number of fused-ring (bicyclic) bond motifs is 5. The van der Waals surface area contributed by atoms with Crippen LogP contribution in [0.3, 0.4) is 0 Å². The SMILES string of the molecule is CC(=O)OC1CC2CCOC=C2C2=CC=C3C=CC=C3C21. The van der Waals surface area contributed by atoms with E-state index in [0.717, 1.165) is 19.4 Å². The lowest BCUT2D eigenvalue weighted by molar-refractivity contribution is -0.149. The zero-order chi connectivity index (χ0) is 14.4. The summed E-state index contributed by atoms with van der Waals surface area (Å²) in [6, 6.07) is 0. The highest BCUT2D eigenvalue weighted by Gasteiger charge is 2.43.